The Morgan fingerprint density at radius 3 is 2.69 bits per heavy atom. The van der Waals surface area contributed by atoms with Gasteiger partial charge in [-0.15, -0.1) is 0 Å². The van der Waals surface area contributed by atoms with Gasteiger partial charge in [0, 0.05) is 20.7 Å². The fraction of sp³-hybridized carbons (Fsp3) is 0.200. The van der Waals surface area contributed by atoms with Crippen LogP contribution in [-0.4, -0.2) is 12.5 Å². The maximum Gasteiger partial charge on any atom is 0.266 e. The van der Waals surface area contributed by atoms with Crippen LogP contribution in [0.3, 0.4) is 0 Å². The summed E-state index contributed by atoms with van der Waals surface area (Å²) in [5.74, 6) is 0.142. The zero-order chi connectivity index (χ0) is 18.9. The predicted octanol–water partition coefficient (Wildman–Crippen LogP) is 5.83. The number of ether oxygens (including phenoxy) is 1. The smallest absolute Gasteiger partial charge is 0.266 e. The van der Waals surface area contributed by atoms with Crippen LogP contribution in [-0.2, 0) is 4.79 Å². The summed E-state index contributed by atoms with van der Waals surface area (Å²) in [5.41, 5.74) is 1.21. The topological polar surface area (TPSA) is 62.1 Å². The van der Waals surface area contributed by atoms with E-state index in [4.69, 9.17) is 16.3 Å². The van der Waals surface area contributed by atoms with Crippen molar-refractivity contribution in [3.05, 3.63) is 63.1 Å². The standard InChI is InChI=1S/C20H18BrClN2O2/c1-2-3-10-26-19-9-4-16(21)12-14(19)11-15(13-23)20(25)24-18-7-5-17(22)6-8-18/h4-9,11-12H,2-3,10H2,1H3,(H,24,25)/b15-11-. The second-order valence-corrected chi connectivity index (χ2v) is 6.87. The van der Waals surface area contributed by atoms with Crippen LogP contribution in [0.4, 0.5) is 5.69 Å². The summed E-state index contributed by atoms with van der Waals surface area (Å²) in [6, 6.07) is 14.1. The summed E-state index contributed by atoms with van der Waals surface area (Å²) in [6.45, 7) is 2.67. The summed E-state index contributed by atoms with van der Waals surface area (Å²) >= 11 is 9.24. The second-order valence-electron chi connectivity index (χ2n) is 5.51. The number of halogens is 2. The molecule has 0 bridgehead atoms. The average Bonchev–Trinajstić information content (AvgIpc) is 2.63. The largest absolute Gasteiger partial charge is 0.493 e. The van der Waals surface area contributed by atoms with E-state index >= 15 is 0 Å². The molecule has 2 aromatic rings. The third-order valence-corrected chi connectivity index (χ3v) is 4.24. The first-order valence-electron chi connectivity index (χ1n) is 8.14. The van der Waals surface area contributed by atoms with E-state index < -0.39 is 5.91 Å². The minimum atomic E-state index is -0.491. The van der Waals surface area contributed by atoms with Crippen LogP contribution >= 0.6 is 27.5 Å². The Morgan fingerprint density at radius 2 is 2.04 bits per heavy atom. The molecule has 0 fully saturated rings. The van der Waals surface area contributed by atoms with Crippen LogP contribution in [0, 0.1) is 11.3 Å². The summed E-state index contributed by atoms with van der Waals surface area (Å²) in [6.07, 6.45) is 3.48. The van der Waals surface area contributed by atoms with E-state index in [0.717, 1.165) is 17.3 Å². The van der Waals surface area contributed by atoms with Gasteiger partial charge in [0.1, 0.15) is 17.4 Å². The average molecular weight is 434 g/mol. The third kappa shape index (κ3) is 5.91. The number of unbranched alkanes of at least 4 members (excludes halogenated alkanes) is 1. The quantitative estimate of drug-likeness (QED) is 0.339. The molecule has 0 heterocycles. The number of hydrogen-bond acceptors (Lipinski definition) is 3. The molecule has 0 atom stereocenters. The van der Waals surface area contributed by atoms with Crippen molar-refractivity contribution < 1.29 is 9.53 Å². The molecule has 0 aromatic heterocycles. The van der Waals surface area contributed by atoms with Crippen molar-refractivity contribution in [3.63, 3.8) is 0 Å². The van der Waals surface area contributed by atoms with Gasteiger partial charge in [-0.05, 0) is 55.0 Å². The van der Waals surface area contributed by atoms with Crippen LogP contribution in [0.2, 0.25) is 5.02 Å². The van der Waals surface area contributed by atoms with Crippen molar-refractivity contribution in [2.75, 3.05) is 11.9 Å². The van der Waals surface area contributed by atoms with Gasteiger partial charge in [-0.25, -0.2) is 0 Å². The highest BCUT2D eigenvalue weighted by Crippen LogP contribution is 2.26. The molecule has 1 N–H and O–H groups in total. The highest BCUT2D eigenvalue weighted by atomic mass is 79.9. The van der Waals surface area contributed by atoms with Crippen molar-refractivity contribution in [3.8, 4) is 11.8 Å². The lowest BCUT2D eigenvalue weighted by Crippen LogP contribution is -2.13. The number of rotatable bonds is 7. The normalized spacial score (nSPS) is 10.9. The summed E-state index contributed by atoms with van der Waals surface area (Å²) < 4.78 is 6.60. The Kier molecular flexibility index (Phi) is 7.71. The van der Waals surface area contributed by atoms with Crippen LogP contribution in [0.5, 0.6) is 5.75 Å². The van der Waals surface area contributed by atoms with Gasteiger partial charge < -0.3 is 10.1 Å². The molecule has 0 aliphatic carbocycles. The number of hydrogen-bond donors (Lipinski definition) is 1. The number of carbonyl (C=O) groups is 1. The zero-order valence-corrected chi connectivity index (χ0v) is 16.6. The van der Waals surface area contributed by atoms with Crippen molar-refractivity contribution >= 4 is 45.2 Å². The molecule has 0 unspecified atom stereocenters. The lowest BCUT2D eigenvalue weighted by Gasteiger charge is -2.10. The number of nitrogens with one attached hydrogen (secondary N) is 1. The van der Waals surface area contributed by atoms with Crippen molar-refractivity contribution in [2.45, 2.75) is 19.8 Å². The molecule has 0 spiro atoms. The molecule has 1 amide bonds. The monoisotopic (exact) mass is 432 g/mol. The molecule has 26 heavy (non-hydrogen) atoms. The number of nitrogens with zero attached hydrogens (tertiary/aromatic N) is 1. The number of benzene rings is 2. The van der Waals surface area contributed by atoms with Crippen LogP contribution < -0.4 is 10.1 Å². The fourth-order valence-corrected chi connectivity index (χ4v) is 2.63. The minimum absolute atomic E-state index is 0.0154. The maximum absolute atomic E-state index is 12.4. The van der Waals surface area contributed by atoms with E-state index in [1.165, 1.54) is 6.08 Å². The summed E-state index contributed by atoms with van der Waals surface area (Å²) in [7, 11) is 0. The molecule has 0 radical (unpaired) electrons. The number of anilines is 1. The van der Waals surface area contributed by atoms with Crippen molar-refractivity contribution in [2.24, 2.45) is 0 Å². The molecule has 0 aliphatic heterocycles. The molecule has 0 aliphatic rings. The van der Waals surface area contributed by atoms with Crippen LogP contribution in [0.1, 0.15) is 25.3 Å². The molecule has 134 valence electrons. The fourth-order valence-electron chi connectivity index (χ4n) is 2.13. The maximum atomic E-state index is 12.4. The lowest BCUT2D eigenvalue weighted by molar-refractivity contribution is -0.112. The molecular weight excluding hydrogens is 416 g/mol. The van der Waals surface area contributed by atoms with E-state index in [9.17, 15) is 10.1 Å². The Labute approximate surface area is 166 Å². The minimum Gasteiger partial charge on any atom is -0.493 e. The van der Waals surface area contributed by atoms with E-state index in [1.54, 1.807) is 24.3 Å². The van der Waals surface area contributed by atoms with Gasteiger partial charge >= 0.3 is 0 Å². The molecular formula is C20H18BrClN2O2. The molecule has 2 rings (SSSR count). The zero-order valence-electron chi connectivity index (χ0n) is 14.3. The Bertz CT molecular complexity index is 842. The van der Waals surface area contributed by atoms with E-state index in [1.807, 2.05) is 24.3 Å². The van der Waals surface area contributed by atoms with Gasteiger partial charge in [0.05, 0.1) is 6.61 Å². The summed E-state index contributed by atoms with van der Waals surface area (Å²) in [5, 5.41) is 12.7. The van der Waals surface area contributed by atoms with Crippen molar-refractivity contribution in [1.29, 1.82) is 5.26 Å². The number of carbonyl (C=O) groups excluding carboxylic acids is 1. The van der Waals surface area contributed by atoms with E-state index in [0.29, 0.717) is 28.6 Å². The van der Waals surface area contributed by atoms with E-state index in [2.05, 4.69) is 28.2 Å². The Balaban J connectivity index is 2.24. The van der Waals surface area contributed by atoms with Gasteiger partial charge in [0.25, 0.3) is 5.91 Å². The molecule has 0 saturated carbocycles. The second kappa shape index (κ2) is 10.0. The number of amides is 1. The first-order chi connectivity index (χ1) is 12.5. The highest BCUT2D eigenvalue weighted by molar-refractivity contribution is 9.10. The molecule has 6 heteroatoms. The first-order valence-corrected chi connectivity index (χ1v) is 9.31. The van der Waals surface area contributed by atoms with Crippen molar-refractivity contribution in [1.82, 2.24) is 0 Å². The number of nitriles is 1. The molecule has 0 saturated heterocycles. The van der Waals surface area contributed by atoms with Gasteiger partial charge in [0.15, 0.2) is 0 Å². The highest BCUT2D eigenvalue weighted by Gasteiger charge is 2.12. The lowest BCUT2D eigenvalue weighted by atomic mass is 10.1. The van der Waals surface area contributed by atoms with Crippen LogP contribution in [0.25, 0.3) is 6.08 Å². The third-order valence-electron chi connectivity index (χ3n) is 3.49. The van der Waals surface area contributed by atoms with Gasteiger partial charge in [-0.1, -0.05) is 40.9 Å². The molecule has 4 nitrogen and oxygen atoms in total. The SMILES string of the molecule is CCCCOc1ccc(Br)cc1/C=C(/C#N)C(=O)Nc1ccc(Cl)cc1. The van der Waals surface area contributed by atoms with Crippen LogP contribution in [0.15, 0.2) is 52.5 Å². The molecule has 2 aromatic carbocycles. The Morgan fingerprint density at radius 1 is 1.31 bits per heavy atom. The van der Waals surface area contributed by atoms with E-state index in [-0.39, 0.29) is 5.57 Å². The van der Waals surface area contributed by atoms with Gasteiger partial charge in [0.2, 0.25) is 0 Å². The summed E-state index contributed by atoms with van der Waals surface area (Å²) in [4.78, 5) is 12.4. The van der Waals surface area contributed by atoms with Gasteiger partial charge in [-0.3, -0.25) is 4.79 Å². The Hall–Kier alpha value is -2.29. The van der Waals surface area contributed by atoms with Gasteiger partial charge in [-0.2, -0.15) is 5.26 Å². The predicted molar refractivity (Wildman–Crippen MR) is 108 cm³/mol. The first kappa shape index (κ1) is 20.0.